The number of methoxy groups -OCH3 is 1. The van der Waals surface area contributed by atoms with Crippen molar-refractivity contribution in [2.75, 3.05) is 20.2 Å². The first-order valence-corrected chi connectivity index (χ1v) is 8.12. The number of hydrogen-bond acceptors (Lipinski definition) is 2. The molecule has 1 aliphatic heterocycles. The molecule has 0 amide bonds. The van der Waals surface area contributed by atoms with Gasteiger partial charge in [0.1, 0.15) is 5.75 Å². The maximum Gasteiger partial charge on any atom is 0.123 e. The summed E-state index contributed by atoms with van der Waals surface area (Å²) in [6.45, 7) is 6.47. The Bertz CT molecular complexity index is 435. The first kappa shape index (κ1) is 15.7. The van der Waals surface area contributed by atoms with Crippen molar-refractivity contribution in [1.29, 1.82) is 0 Å². The monoisotopic (exact) mass is 295 g/mol. The molecule has 1 heterocycles. The number of halogens is 1. The summed E-state index contributed by atoms with van der Waals surface area (Å²) >= 11 is 6.70. The van der Waals surface area contributed by atoms with Crippen molar-refractivity contribution in [2.45, 2.75) is 50.9 Å². The molecule has 20 heavy (non-hydrogen) atoms. The van der Waals surface area contributed by atoms with E-state index in [2.05, 4.69) is 30.9 Å². The Morgan fingerprint density at radius 2 is 2.20 bits per heavy atom. The SMILES string of the molecule is CCC1CCCCN1CC(Cl)c1cc(C)ccc1OC. The largest absolute Gasteiger partial charge is 0.496 e. The van der Waals surface area contributed by atoms with E-state index >= 15 is 0 Å². The van der Waals surface area contributed by atoms with Gasteiger partial charge in [-0.25, -0.2) is 0 Å². The van der Waals surface area contributed by atoms with Gasteiger partial charge in [-0.15, -0.1) is 11.6 Å². The molecule has 1 aliphatic rings. The number of hydrogen-bond donors (Lipinski definition) is 0. The van der Waals surface area contributed by atoms with Crippen LogP contribution in [-0.4, -0.2) is 31.1 Å². The fourth-order valence-corrected chi connectivity index (χ4v) is 3.51. The molecule has 1 saturated heterocycles. The molecule has 1 aromatic rings. The average molecular weight is 296 g/mol. The normalized spacial score (nSPS) is 21.7. The minimum Gasteiger partial charge on any atom is -0.496 e. The second-order valence-corrected chi connectivity index (χ2v) is 6.29. The summed E-state index contributed by atoms with van der Waals surface area (Å²) < 4.78 is 5.46. The molecule has 0 bridgehead atoms. The number of piperidine rings is 1. The van der Waals surface area contributed by atoms with Crippen LogP contribution in [0.1, 0.15) is 49.1 Å². The second-order valence-electron chi connectivity index (χ2n) is 5.77. The summed E-state index contributed by atoms with van der Waals surface area (Å²) in [6.07, 6.45) is 5.18. The van der Waals surface area contributed by atoms with Crippen molar-refractivity contribution < 1.29 is 4.74 Å². The van der Waals surface area contributed by atoms with Crippen LogP contribution in [0.15, 0.2) is 18.2 Å². The summed E-state index contributed by atoms with van der Waals surface area (Å²) in [5.41, 5.74) is 2.35. The van der Waals surface area contributed by atoms with Gasteiger partial charge in [0.2, 0.25) is 0 Å². The van der Waals surface area contributed by atoms with Crippen molar-refractivity contribution in [3.8, 4) is 5.75 Å². The molecule has 0 aromatic heterocycles. The molecule has 1 fully saturated rings. The third kappa shape index (κ3) is 3.67. The van der Waals surface area contributed by atoms with E-state index in [4.69, 9.17) is 16.3 Å². The van der Waals surface area contributed by atoms with Gasteiger partial charge < -0.3 is 4.74 Å². The smallest absolute Gasteiger partial charge is 0.123 e. The zero-order chi connectivity index (χ0) is 14.5. The molecule has 2 rings (SSSR count). The summed E-state index contributed by atoms with van der Waals surface area (Å²) in [7, 11) is 1.72. The molecule has 0 saturated carbocycles. The molecular formula is C17H26ClNO. The number of ether oxygens (including phenoxy) is 1. The summed E-state index contributed by atoms with van der Waals surface area (Å²) in [4.78, 5) is 2.56. The highest BCUT2D eigenvalue weighted by Gasteiger charge is 2.24. The first-order chi connectivity index (χ1) is 9.65. The average Bonchev–Trinajstić information content (AvgIpc) is 2.47. The maximum absolute atomic E-state index is 6.70. The van der Waals surface area contributed by atoms with E-state index in [1.54, 1.807) is 7.11 Å². The van der Waals surface area contributed by atoms with Crippen molar-refractivity contribution in [1.82, 2.24) is 4.90 Å². The van der Waals surface area contributed by atoms with Crippen LogP contribution in [0.2, 0.25) is 0 Å². The van der Waals surface area contributed by atoms with Gasteiger partial charge in [0.25, 0.3) is 0 Å². The number of alkyl halides is 1. The predicted octanol–water partition coefficient (Wildman–Crippen LogP) is 4.55. The predicted molar refractivity (Wildman–Crippen MR) is 85.8 cm³/mol. The van der Waals surface area contributed by atoms with Crippen molar-refractivity contribution in [3.05, 3.63) is 29.3 Å². The summed E-state index contributed by atoms with van der Waals surface area (Å²) in [5, 5.41) is -0.00278. The van der Waals surface area contributed by atoms with E-state index in [0.717, 1.165) is 17.9 Å². The van der Waals surface area contributed by atoms with Crippen LogP contribution in [-0.2, 0) is 0 Å². The molecule has 0 spiro atoms. The summed E-state index contributed by atoms with van der Waals surface area (Å²) in [6, 6.07) is 6.94. The minimum absolute atomic E-state index is 0.00278. The van der Waals surface area contributed by atoms with Gasteiger partial charge in [0.05, 0.1) is 12.5 Å². The topological polar surface area (TPSA) is 12.5 Å². The molecule has 2 atom stereocenters. The van der Waals surface area contributed by atoms with E-state index in [9.17, 15) is 0 Å². The third-order valence-corrected chi connectivity index (χ3v) is 4.71. The van der Waals surface area contributed by atoms with Gasteiger partial charge in [-0.2, -0.15) is 0 Å². The number of benzene rings is 1. The molecule has 112 valence electrons. The number of likely N-dealkylation sites (tertiary alicyclic amines) is 1. The van der Waals surface area contributed by atoms with Gasteiger partial charge >= 0.3 is 0 Å². The molecular weight excluding hydrogens is 270 g/mol. The Morgan fingerprint density at radius 1 is 1.40 bits per heavy atom. The van der Waals surface area contributed by atoms with E-state index in [1.807, 2.05) is 6.07 Å². The van der Waals surface area contributed by atoms with Crippen LogP contribution < -0.4 is 4.74 Å². The second kappa shape index (κ2) is 7.33. The van der Waals surface area contributed by atoms with Crippen LogP contribution in [0.25, 0.3) is 0 Å². The highest BCUT2D eigenvalue weighted by Crippen LogP contribution is 2.33. The van der Waals surface area contributed by atoms with E-state index in [0.29, 0.717) is 6.04 Å². The quantitative estimate of drug-likeness (QED) is 0.739. The van der Waals surface area contributed by atoms with Gasteiger partial charge in [0, 0.05) is 18.2 Å². The minimum atomic E-state index is -0.00278. The maximum atomic E-state index is 6.70. The van der Waals surface area contributed by atoms with Crippen LogP contribution in [0, 0.1) is 6.92 Å². The van der Waals surface area contributed by atoms with Gasteiger partial charge in [-0.3, -0.25) is 4.90 Å². The fraction of sp³-hybridized carbons (Fsp3) is 0.647. The number of rotatable bonds is 5. The first-order valence-electron chi connectivity index (χ1n) is 7.68. The number of nitrogens with zero attached hydrogens (tertiary/aromatic N) is 1. The van der Waals surface area contributed by atoms with Crippen LogP contribution in [0.4, 0.5) is 0 Å². The van der Waals surface area contributed by atoms with E-state index in [-0.39, 0.29) is 5.38 Å². The van der Waals surface area contributed by atoms with Gasteiger partial charge in [0.15, 0.2) is 0 Å². The van der Waals surface area contributed by atoms with Crippen LogP contribution in [0.3, 0.4) is 0 Å². The van der Waals surface area contributed by atoms with Crippen molar-refractivity contribution in [3.63, 3.8) is 0 Å². The highest BCUT2D eigenvalue weighted by atomic mass is 35.5. The Labute approximate surface area is 128 Å². The Hall–Kier alpha value is -0.730. The van der Waals surface area contributed by atoms with Crippen molar-refractivity contribution >= 4 is 11.6 Å². The zero-order valence-electron chi connectivity index (χ0n) is 12.9. The van der Waals surface area contributed by atoms with Gasteiger partial charge in [-0.1, -0.05) is 31.0 Å². The molecule has 0 N–H and O–H groups in total. The number of aryl methyl sites for hydroxylation is 1. The Kier molecular flexibility index (Phi) is 5.74. The lowest BCUT2D eigenvalue weighted by Crippen LogP contribution is -2.40. The molecule has 2 nitrogen and oxygen atoms in total. The molecule has 1 aromatic carbocycles. The van der Waals surface area contributed by atoms with E-state index in [1.165, 1.54) is 37.8 Å². The van der Waals surface area contributed by atoms with Crippen LogP contribution >= 0.6 is 11.6 Å². The standard InChI is InChI=1S/C17H26ClNO/c1-4-14-7-5-6-10-19(14)12-16(18)15-11-13(2)8-9-17(15)20-3/h8-9,11,14,16H,4-7,10,12H2,1-3H3. The fourth-order valence-electron chi connectivity index (χ4n) is 3.17. The highest BCUT2D eigenvalue weighted by molar-refractivity contribution is 6.21. The molecule has 0 aliphatic carbocycles. The lowest BCUT2D eigenvalue weighted by atomic mass is 9.98. The summed E-state index contributed by atoms with van der Waals surface area (Å²) in [5.74, 6) is 0.903. The Balaban J connectivity index is 2.10. The molecule has 2 unspecified atom stereocenters. The van der Waals surface area contributed by atoms with Crippen molar-refractivity contribution in [2.24, 2.45) is 0 Å². The molecule has 3 heteroatoms. The molecule has 0 radical (unpaired) electrons. The third-order valence-electron chi connectivity index (χ3n) is 4.34. The van der Waals surface area contributed by atoms with Gasteiger partial charge in [-0.05, 0) is 38.8 Å². The Morgan fingerprint density at radius 3 is 2.90 bits per heavy atom. The van der Waals surface area contributed by atoms with Crippen LogP contribution in [0.5, 0.6) is 5.75 Å². The lowest BCUT2D eigenvalue weighted by molar-refractivity contribution is 0.144. The van der Waals surface area contributed by atoms with E-state index < -0.39 is 0 Å². The lowest BCUT2D eigenvalue weighted by Gasteiger charge is -2.36. The zero-order valence-corrected chi connectivity index (χ0v) is 13.6.